The number of nitrogen functional groups attached to an aromatic ring is 1. The Morgan fingerprint density at radius 1 is 1.26 bits per heavy atom. The van der Waals surface area contributed by atoms with Crippen molar-refractivity contribution in [2.45, 2.75) is 44.9 Å². The number of hydrogen-bond donors (Lipinski definition) is 2. The fraction of sp³-hybridized carbons (Fsp3) is 0.533. The summed E-state index contributed by atoms with van der Waals surface area (Å²) < 4.78 is 13.0. The van der Waals surface area contributed by atoms with E-state index in [-0.39, 0.29) is 11.6 Å². The number of nitrogens with one attached hydrogen (secondary N) is 1. The summed E-state index contributed by atoms with van der Waals surface area (Å²) in [5.74, 6) is 0.0278. The van der Waals surface area contributed by atoms with Crippen molar-refractivity contribution in [3.05, 3.63) is 24.0 Å². The molecular formula is C15H21FN2O. The largest absolute Gasteiger partial charge is 0.396 e. The van der Waals surface area contributed by atoms with E-state index in [2.05, 4.69) is 5.32 Å². The molecule has 0 unspecified atom stereocenters. The Morgan fingerprint density at radius 3 is 2.58 bits per heavy atom. The lowest BCUT2D eigenvalue weighted by atomic mass is 9.96. The molecule has 3 nitrogen and oxygen atoms in total. The maximum atomic E-state index is 13.0. The van der Waals surface area contributed by atoms with E-state index in [0.29, 0.717) is 18.0 Å². The summed E-state index contributed by atoms with van der Waals surface area (Å²) in [6, 6.07) is 4.27. The molecule has 104 valence electrons. The first-order chi connectivity index (χ1) is 9.15. The topological polar surface area (TPSA) is 55.1 Å². The van der Waals surface area contributed by atoms with Crippen molar-refractivity contribution in [3.8, 4) is 0 Å². The first-order valence-electron chi connectivity index (χ1n) is 7.00. The zero-order valence-electron chi connectivity index (χ0n) is 11.1. The Morgan fingerprint density at radius 2 is 1.95 bits per heavy atom. The lowest BCUT2D eigenvalue weighted by molar-refractivity contribution is -0.117. The fourth-order valence-corrected chi connectivity index (χ4v) is 2.66. The Labute approximate surface area is 113 Å². The molecule has 1 fully saturated rings. The zero-order valence-corrected chi connectivity index (χ0v) is 11.1. The van der Waals surface area contributed by atoms with Crippen molar-refractivity contribution >= 4 is 17.3 Å². The standard InChI is InChI=1S/C15H21FN2O/c16-13-8-7-12(10-14(13)17)18-15(19)9-11-5-3-1-2-4-6-11/h7-8,10-11H,1-6,9,17H2,(H,18,19). The Bertz CT molecular complexity index is 440. The maximum Gasteiger partial charge on any atom is 0.224 e. The molecule has 1 amide bonds. The van der Waals surface area contributed by atoms with Gasteiger partial charge in [0, 0.05) is 12.1 Å². The van der Waals surface area contributed by atoms with Gasteiger partial charge in [-0.25, -0.2) is 4.39 Å². The molecule has 1 aromatic rings. The fourth-order valence-electron chi connectivity index (χ4n) is 2.66. The number of anilines is 2. The van der Waals surface area contributed by atoms with Gasteiger partial charge in [0.2, 0.25) is 5.91 Å². The number of carbonyl (C=O) groups is 1. The second-order valence-electron chi connectivity index (χ2n) is 5.35. The van der Waals surface area contributed by atoms with Crippen molar-refractivity contribution in [2.24, 2.45) is 5.92 Å². The average Bonchev–Trinajstić information content (AvgIpc) is 2.62. The monoisotopic (exact) mass is 264 g/mol. The molecule has 0 atom stereocenters. The van der Waals surface area contributed by atoms with E-state index in [1.165, 1.54) is 43.9 Å². The van der Waals surface area contributed by atoms with Gasteiger partial charge in [-0.3, -0.25) is 4.79 Å². The molecule has 2 rings (SSSR count). The smallest absolute Gasteiger partial charge is 0.224 e. The molecular weight excluding hydrogens is 243 g/mol. The number of halogens is 1. The number of rotatable bonds is 3. The molecule has 0 bridgehead atoms. The summed E-state index contributed by atoms with van der Waals surface area (Å²) in [6.45, 7) is 0. The van der Waals surface area contributed by atoms with E-state index in [0.717, 1.165) is 12.8 Å². The molecule has 0 saturated heterocycles. The van der Waals surface area contributed by atoms with Crippen molar-refractivity contribution in [1.29, 1.82) is 0 Å². The minimum Gasteiger partial charge on any atom is -0.396 e. The molecule has 4 heteroatoms. The number of benzene rings is 1. The normalized spacial score (nSPS) is 16.9. The summed E-state index contributed by atoms with van der Waals surface area (Å²) in [6.07, 6.45) is 7.84. The molecule has 0 aromatic heterocycles. The third-order valence-electron chi connectivity index (χ3n) is 3.73. The van der Waals surface area contributed by atoms with E-state index in [1.54, 1.807) is 0 Å². The van der Waals surface area contributed by atoms with E-state index in [1.807, 2.05) is 0 Å². The van der Waals surface area contributed by atoms with Crippen LogP contribution in [0.4, 0.5) is 15.8 Å². The van der Waals surface area contributed by atoms with Crippen LogP contribution in [0.2, 0.25) is 0 Å². The molecule has 0 radical (unpaired) electrons. The van der Waals surface area contributed by atoms with Gasteiger partial charge >= 0.3 is 0 Å². The quantitative estimate of drug-likeness (QED) is 0.646. The minimum atomic E-state index is -0.457. The number of carbonyl (C=O) groups excluding carboxylic acids is 1. The minimum absolute atomic E-state index is 0.00194. The van der Waals surface area contributed by atoms with Crippen LogP contribution < -0.4 is 11.1 Å². The second-order valence-corrected chi connectivity index (χ2v) is 5.35. The summed E-state index contributed by atoms with van der Waals surface area (Å²) in [7, 11) is 0. The Hall–Kier alpha value is -1.58. The third-order valence-corrected chi connectivity index (χ3v) is 3.73. The summed E-state index contributed by atoms with van der Waals surface area (Å²) in [5, 5.41) is 2.79. The van der Waals surface area contributed by atoms with Gasteiger partial charge in [0.05, 0.1) is 5.69 Å². The van der Waals surface area contributed by atoms with Gasteiger partial charge in [-0.05, 0) is 37.0 Å². The van der Waals surface area contributed by atoms with E-state index in [9.17, 15) is 9.18 Å². The number of nitrogens with two attached hydrogens (primary N) is 1. The van der Waals surface area contributed by atoms with Crippen molar-refractivity contribution in [2.75, 3.05) is 11.1 Å². The molecule has 0 aliphatic heterocycles. The highest BCUT2D eigenvalue weighted by Gasteiger charge is 2.16. The van der Waals surface area contributed by atoms with Gasteiger partial charge in [-0.1, -0.05) is 25.7 Å². The molecule has 3 N–H and O–H groups in total. The summed E-state index contributed by atoms with van der Waals surface area (Å²) in [5.41, 5.74) is 6.10. The van der Waals surface area contributed by atoms with Crippen LogP contribution >= 0.6 is 0 Å². The average molecular weight is 264 g/mol. The van der Waals surface area contributed by atoms with Crippen molar-refractivity contribution < 1.29 is 9.18 Å². The molecule has 0 heterocycles. The van der Waals surface area contributed by atoms with Gasteiger partial charge < -0.3 is 11.1 Å². The van der Waals surface area contributed by atoms with Crippen LogP contribution in [0.15, 0.2) is 18.2 Å². The highest BCUT2D eigenvalue weighted by molar-refractivity contribution is 5.91. The zero-order chi connectivity index (χ0) is 13.7. The third kappa shape index (κ3) is 4.23. The Kier molecular flexibility index (Phi) is 4.77. The van der Waals surface area contributed by atoms with Crippen LogP contribution in [0.5, 0.6) is 0 Å². The van der Waals surface area contributed by atoms with Crippen LogP contribution in [0.25, 0.3) is 0 Å². The first kappa shape index (κ1) is 13.8. The van der Waals surface area contributed by atoms with Crippen LogP contribution in [0.3, 0.4) is 0 Å². The SMILES string of the molecule is Nc1cc(NC(=O)CC2CCCCCC2)ccc1F. The van der Waals surface area contributed by atoms with E-state index < -0.39 is 5.82 Å². The lowest BCUT2D eigenvalue weighted by Crippen LogP contribution is -2.16. The van der Waals surface area contributed by atoms with Crippen LogP contribution in [-0.2, 0) is 4.79 Å². The van der Waals surface area contributed by atoms with Crippen LogP contribution in [0.1, 0.15) is 44.9 Å². The molecule has 1 aromatic carbocycles. The summed E-state index contributed by atoms with van der Waals surface area (Å²) in [4.78, 5) is 11.9. The Balaban J connectivity index is 1.87. The van der Waals surface area contributed by atoms with Crippen LogP contribution in [-0.4, -0.2) is 5.91 Å². The molecule has 1 saturated carbocycles. The predicted molar refractivity (Wildman–Crippen MR) is 75.3 cm³/mol. The second kappa shape index (κ2) is 6.55. The molecule has 1 aliphatic carbocycles. The van der Waals surface area contributed by atoms with Gasteiger partial charge in [-0.2, -0.15) is 0 Å². The highest BCUT2D eigenvalue weighted by Crippen LogP contribution is 2.26. The number of hydrogen-bond acceptors (Lipinski definition) is 2. The van der Waals surface area contributed by atoms with Crippen molar-refractivity contribution in [1.82, 2.24) is 0 Å². The van der Waals surface area contributed by atoms with Gasteiger partial charge in [0.1, 0.15) is 5.82 Å². The van der Waals surface area contributed by atoms with Gasteiger partial charge in [0.15, 0.2) is 0 Å². The predicted octanol–water partition coefficient (Wildman–Crippen LogP) is 3.71. The lowest BCUT2D eigenvalue weighted by Gasteiger charge is -2.13. The van der Waals surface area contributed by atoms with Gasteiger partial charge in [0.25, 0.3) is 0 Å². The first-order valence-corrected chi connectivity index (χ1v) is 7.00. The molecule has 19 heavy (non-hydrogen) atoms. The highest BCUT2D eigenvalue weighted by atomic mass is 19.1. The molecule has 1 aliphatic rings. The maximum absolute atomic E-state index is 13.0. The van der Waals surface area contributed by atoms with E-state index >= 15 is 0 Å². The van der Waals surface area contributed by atoms with Crippen molar-refractivity contribution in [3.63, 3.8) is 0 Å². The number of amides is 1. The summed E-state index contributed by atoms with van der Waals surface area (Å²) >= 11 is 0. The van der Waals surface area contributed by atoms with Gasteiger partial charge in [-0.15, -0.1) is 0 Å². The molecule has 0 spiro atoms. The van der Waals surface area contributed by atoms with Crippen LogP contribution in [0, 0.1) is 11.7 Å². The van der Waals surface area contributed by atoms with E-state index in [4.69, 9.17) is 5.73 Å².